The second-order valence-electron chi connectivity index (χ2n) is 3.42. The summed E-state index contributed by atoms with van der Waals surface area (Å²) in [7, 11) is 0. The van der Waals surface area contributed by atoms with Crippen molar-refractivity contribution < 1.29 is 5.11 Å². The summed E-state index contributed by atoms with van der Waals surface area (Å²) >= 11 is 0. The van der Waals surface area contributed by atoms with Crippen molar-refractivity contribution >= 4 is 22.9 Å². The van der Waals surface area contributed by atoms with Gasteiger partial charge in [-0.25, -0.2) is 0 Å². The summed E-state index contributed by atoms with van der Waals surface area (Å²) in [6.07, 6.45) is 3.59. The quantitative estimate of drug-likeness (QED) is 0.773. The molecule has 0 spiro atoms. The van der Waals surface area contributed by atoms with Gasteiger partial charge in [0.25, 0.3) is 0 Å². The van der Waals surface area contributed by atoms with E-state index in [1.54, 1.807) is 24.3 Å². The van der Waals surface area contributed by atoms with Crippen LogP contribution in [0.1, 0.15) is 11.1 Å². The molecule has 1 N–H and O–H groups in total. The Balaban J connectivity index is 2.86. The molecule has 0 atom stereocenters. The van der Waals surface area contributed by atoms with Crippen LogP contribution in [0.25, 0.3) is 22.9 Å². The summed E-state index contributed by atoms with van der Waals surface area (Å²) in [6.45, 7) is 7.52. The molecule has 0 aliphatic carbocycles. The van der Waals surface area contributed by atoms with Crippen molar-refractivity contribution in [1.82, 2.24) is 0 Å². The zero-order valence-electron chi connectivity index (χ0n) is 8.40. The van der Waals surface area contributed by atoms with Crippen LogP contribution in [-0.4, -0.2) is 5.11 Å². The van der Waals surface area contributed by atoms with E-state index in [9.17, 15) is 5.11 Å². The van der Waals surface area contributed by atoms with Crippen LogP contribution in [0.3, 0.4) is 0 Å². The zero-order chi connectivity index (χ0) is 10.8. The first-order valence-electron chi connectivity index (χ1n) is 4.76. The molecule has 15 heavy (non-hydrogen) atoms. The number of hydrogen-bond donors (Lipinski definition) is 1. The predicted molar refractivity (Wildman–Crippen MR) is 65.8 cm³/mol. The summed E-state index contributed by atoms with van der Waals surface area (Å²) < 4.78 is 0. The third-order valence-electron chi connectivity index (χ3n) is 2.45. The fourth-order valence-electron chi connectivity index (χ4n) is 1.69. The summed E-state index contributed by atoms with van der Waals surface area (Å²) in [5, 5.41) is 11.5. The largest absolute Gasteiger partial charge is 0.508 e. The van der Waals surface area contributed by atoms with Gasteiger partial charge in [0.2, 0.25) is 0 Å². The van der Waals surface area contributed by atoms with Crippen LogP contribution >= 0.6 is 0 Å². The third kappa shape index (κ3) is 1.64. The summed E-state index contributed by atoms with van der Waals surface area (Å²) in [6, 6.07) is 9.36. The smallest absolute Gasteiger partial charge is 0.116 e. The van der Waals surface area contributed by atoms with E-state index in [1.807, 2.05) is 18.2 Å². The Hall–Kier alpha value is -2.02. The number of phenols is 1. The first-order valence-corrected chi connectivity index (χ1v) is 4.76. The fraction of sp³-hybridized carbons (Fsp3) is 0. The van der Waals surface area contributed by atoms with Crippen molar-refractivity contribution in [2.75, 3.05) is 0 Å². The van der Waals surface area contributed by atoms with Gasteiger partial charge in [-0.2, -0.15) is 0 Å². The van der Waals surface area contributed by atoms with Gasteiger partial charge >= 0.3 is 0 Å². The molecule has 0 radical (unpaired) electrons. The number of hydrogen-bond acceptors (Lipinski definition) is 1. The normalized spacial score (nSPS) is 10.1. The van der Waals surface area contributed by atoms with Crippen LogP contribution in [0.4, 0.5) is 0 Å². The molecule has 74 valence electrons. The maximum Gasteiger partial charge on any atom is 0.116 e. The van der Waals surface area contributed by atoms with Gasteiger partial charge in [0, 0.05) is 0 Å². The Labute approximate surface area is 89.0 Å². The second kappa shape index (κ2) is 3.62. The van der Waals surface area contributed by atoms with Gasteiger partial charge in [0.15, 0.2) is 0 Å². The molecule has 0 saturated heterocycles. The van der Waals surface area contributed by atoms with E-state index in [4.69, 9.17) is 0 Å². The van der Waals surface area contributed by atoms with Crippen LogP contribution in [-0.2, 0) is 0 Å². The van der Waals surface area contributed by atoms with E-state index in [-0.39, 0.29) is 5.75 Å². The van der Waals surface area contributed by atoms with Crippen LogP contribution in [0.5, 0.6) is 5.75 Å². The molecule has 0 aromatic heterocycles. The Bertz CT molecular complexity index is 538. The van der Waals surface area contributed by atoms with E-state index in [0.717, 1.165) is 21.9 Å². The molecule has 0 amide bonds. The Morgan fingerprint density at radius 2 is 1.80 bits per heavy atom. The standard InChI is InChI=1S/C14H12O/c1-3-10-7-11(4-2)14-9-13(15)6-5-12(14)8-10/h3-9,15H,1-2H2. The number of fused-ring (bicyclic) bond motifs is 1. The highest BCUT2D eigenvalue weighted by Crippen LogP contribution is 2.26. The second-order valence-corrected chi connectivity index (χ2v) is 3.42. The molecule has 2 aromatic carbocycles. The Kier molecular flexibility index (Phi) is 2.30. The van der Waals surface area contributed by atoms with Crippen molar-refractivity contribution in [2.24, 2.45) is 0 Å². The average molecular weight is 196 g/mol. The van der Waals surface area contributed by atoms with Gasteiger partial charge in [0.1, 0.15) is 5.75 Å². The first-order chi connectivity index (χ1) is 7.24. The molecule has 0 saturated carbocycles. The summed E-state index contributed by atoms with van der Waals surface area (Å²) in [4.78, 5) is 0. The van der Waals surface area contributed by atoms with Crippen molar-refractivity contribution in [1.29, 1.82) is 0 Å². The van der Waals surface area contributed by atoms with E-state index >= 15 is 0 Å². The number of rotatable bonds is 2. The lowest BCUT2D eigenvalue weighted by Gasteiger charge is -2.05. The van der Waals surface area contributed by atoms with Gasteiger partial charge in [-0.3, -0.25) is 0 Å². The van der Waals surface area contributed by atoms with Crippen LogP contribution in [0.2, 0.25) is 0 Å². The highest BCUT2D eigenvalue weighted by molar-refractivity contribution is 5.93. The molecular formula is C14H12O. The minimum Gasteiger partial charge on any atom is -0.508 e. The van der Waals surface area contributed by atoms with E-state index in [2.05, 4.69) is 13.2 Å². The van der Waals surface area contributed by atoms with E-state index in [0.29, 0.717) is 0 Å². The maximum atomic E-state index is 9.42. The number of phenolic OH excluding ortho intramolecular Hbond substituents is 1. The van der Waals surface area contributed by atoms with Crippen LogP contribution in [0.15, 0.2) is 43.5 Å². The topological polar surface area (TPSA) is 20.2 Å². The molecule has 0 bridgehead atoms. The lowest BCUT2D eigenvalue weighted by atomic mass is 10.0. The average Bonchev–Trinajstić information content (AvgIpc) is 2.27. The number of aromatic hydroxyl groups is 1. The number of benzene rings is 2. The molecule has 2 rings (SSSR count). The van der Waals surface area contributed by atoms with E-state index < -0.39 is 0 Å². The first kappa shape index (κ1) is 9.53. The minimum atomic E-state index is 0.275. The molecule has 0 aliphatic rings. The summed E-state index contributed by atoms with van der Waals surface area (Å²) in [5.41, 5.74) is 2.07. The van der Waals surface area contributed by atoms with E-state index in [1.165, 1.54) is 0 Å². The van der Waals surface area contributed by atoms with Crippen LogP contribution < -0.4 is 0 Å². The molecular weight excluding hydrogens is 184 g/mol. The highest BCUT2D eigenvalue weighted by Gasteiger charge is 2.01. The minimum absolute atomic E-state index is 0.275. The molecule has 1 heteroatoms. The van der Waals surface area contributed by atoms with Gasteiger partial charge in [-0.15, -0.1) is 0 Å². The molecule has 0 fully saturated rings. The van der Waals surface area contributed by atoms with Crippen molar-refractivity contribution in [2.45, 2.75) is 0 Å². The van der Waals surface area contributed by atoms with Gasteiger partial charge in [0.05, 0.1) is 0 Å². The molecule has 2 aromatic rings. The maximum absolute atomic E-state index is 9.42. The monoisotopic (exact) mass is 196 g/mol. The van der Waals surface area contributed by atoms with Gasteiger partial charge < -0.3 is 5.11 Å². The Morgan fingerprint density at radius 3 is 2.47 bits per heavy atom. The van der Waals surface area contributed by atoms with Gasteiger partial charge in [-0.1, -0.05) is 31.4 Å². The molecule has 0 heterocycles. The van der Waals surface area contributed by atoms with Gasteiger partial charge in [-0.05, 0) is 46.2 Å². The molecule has 0 aliphatic heterocycles. The molecule has 1 nitrogen and oxygen atoms in total. The van der Waals surface area contributed by atoms with Crippen molar-refractivity contribution in [3.05, 3.63) is 54.6 Å². The Morgan fingerprint density at radius 1 is 1.00 bits per heavy atom. The predicted octanol–water partition coefficient (Wildman–Crippen LogP) is 3.83. The third-order valence-corrected chi connectivity index (χ3v) is 2.45. The SMILES string of the molecule is C=Cc1cc(C=C)c2cc(O)ccc2c1. The highest BCUT2D eigenvalue weighted by atomic mass is 16.3. The lowest BCUT2D eigenvalue weighted by Crippen LogP contribution is -1.81. The molecule has 0 unspecified atom stereocenters. The van der Waals surface area contributed by atoms with Crippen LogP contribution in [0, 0.1) is 0 Å². The zero-order valence-corrected chi connectivity index (χ0v) is 8.40. The fourth-order valence-corrected chi connectivity index (χ4v) is 1.69. The summed E-state index contributed by atoms with van der Waals surface area (Å²) in [5.74, 6) is 0.275. The van der Waals surface area contributed by atoms with Crippen molar-refractivity contribution in [3.63, 3.8) is 0 Å². The lowest BCUT2D eigenvalue weighted by molar-refractivity contribution is 0.476. The van der Waals surface area contributed by atoms with Crippen molar-refractivity contribution in [3.8, 4) is 5.75 Å².